The van der Waals surface area contributed by atoms with Crippen LogP contribution in [0.1, 0.15) is 11.1 Å². The zero-order chi connectivity index (χ0) is 13.1. The lowest BCUT2D eigenvalue weighted by Crippen LogP contribution is -2.03. The van der Waals surface area contributed by atoms with Crippen LogP contribution in [0.15, 0.2) is 36.4 Å². The number of aryl methyl sites for hydroxylation is 1. The Morgan fingerprint density at radius 3 is 2.78 bits per heavy atom. The number of hydrogen-bond donors (Lipinski definition) is 2. The Kier molecular flexibility index (Phi) is 3.72. The second-order valence-electron chi connectivity index (χ2n) is 4.17. The number of rotatable bonds is 3. The summed E-state index contributed by atoms with van der Waals surface area (Å²) in [6, 6.07) is 10.0. The highest BCUT2D eigenvalue weighted by molar-refractivity contribution is 6.31. The minimum atomic E-state index is -0.246. The van der Waals surface area contributed by atoms with Crippen molar-refractivity contribution in [2.24, 2.45) is 0 Å². The van der Waals surface area contributed by atoms with Crippen LogP contribution >= 0.6 is 11.6 Å². The maximum Gasteiger partial charge on any atom is 0.123 e. The molecule has 2 aromatic carbocycles. The number of nitrogens with two attached hydrogens (primary N) is 1. The molecule has 2 aromatic rings. The minimum absolute atomic E-state index is 0.246. The molecular weight excluding hydrogens is 251 g/mol. The Balaban J connectivity index is 2.13. The lowest BCUT2D eigenvalue weighted by Gasteiger charge is -2.11. The highest BCUT2D eigenvalue weighted by Crippen LogP contribution is 2.27. The molecule has 0 amide bonds. The number of hydrogen-bond acceptors (Lipinski definition) is 2. The van der Waals surface area contributed by atoms with Crippen molar-refractivity contribution in [1.82, 2.24) is 0 Å². The molecule has 0 bridgehead atoms. The van der Waals surface area contributed by atoms with E-state index >= 15 is 0 Å². The average molecular weight is 265 g/mol. The summed E-state index contributed by atoms with van der Waals surface area (Å²) >= 11 is 6.04. The van der Waals surface area contributed by atoms with E-state index in [0.717, 1.165) is 16.8 Å². The number of halogens is 2. The van der Waals surface area contributed by atoms with Crippen LogP contribution < -0.4 is 11.1 Å². The Bertz CT molecular complexity index is 570. The maximum atomic E-state index is 13.0. The molecule has 4 heteroatoms. The van der Waals surface area contributed by atoms with Crippen molar-refractivity contribution in [1.29, 1.82) is 0 Å². The van der Waals surface area contributed by atoms with E-state index in [0.29, 0.717) is 17.3 Å². The zero-order valence-electron chi connectivity index (χ0n) is 10.0. The summed E-state index contributed by atoms with van der Waals surface area (Å²) in [5.74, 6) is -0.246. The Morgan fingerprint density at radius 1 is 1.28 bits per heavy atom. The van der Waals surface area contributed by atoms with Crippen molar-refractivity contribution >= 4 is 23.0 Å². The van der Waals surface area contributed by atoms with Crippen LogP contribution in [0, 0.1) is 12.7 Å². The van der Waals surface area contributed by atoms with Crippen LogP contribution in [0.4, 0.5) is 15.8 Å². The SMILES string of the molecule is Cc1cc(N)c(NCc2cccc(F)c2)cc1Cl. The van der Waals surface area contributed by atoms with Crippen LogP contribution in [-0.2, 0) is 6.54 Å². The third kappa shape index (κ3) is 2.93. The minimum Gasteiger partial charge on any atom is -0.397 e. The van der Waals surface area contributed by atoms with Gasteiger partial charge in [0.1, 0.15) is 5.82 Å². The van der Waals surface area contributed by atoms with Gasteiger partial charge in [0.15, 0.2) is 0 Å². The highest BCUT2D eigenvalue weighted by Gasteiger charge is 2.03. The summed E-state index contributed by atoms with van der Waals surface area (Å²) in [7, 11) is 0. The predicted molar refractivity (Wildman–Crippen MR) is 74.3 cm³/mol. The van der Waals surface area contributed by atoms with Gasteiger partial charge in [-0.05, 0) is 42.3 Å². The lowest BCUT2D eigenvalue weighted by atomic mass is 10.1. The van der Waals surface area contributed by atoms with Crippen LogP contribution in [0.3, 0.4) is 0 Å². The summed E-state index contributed by atoms with van der Waals surface area (Å²) in [4.78, 5) is 0. The fourth-order valence-electron chi connectivity index (χ4n) is 1.70. The molecule has 0 radical (unpaired) electrons. The highest BCUT2D eigenvalue weighted by atomic mass is 35.5. The second kappa shape index (κ2) is 5.27. The summed E-state index contributed by atoms with van der Waals surface area (Å²) in [6.07, 6.45) is 0. The zero-order valence-corrected chi connectivity index (χ0v) is 10.8. The van der Waals surface area contributed by atoms with Gasteiger partial charge in [-0.2, -0.15) is 0 Å². The molecule has 0 saturated carbocycles. The third-order valence-electron chi connectivity index (χ3n) is 2.70. The van der Waals surface area contributed by atoms with E-state index in [2.05, 4.69) is 5.32 Å². The van der Waals surface area contributed by atoms with Crippen molar-refractivity contribution in [3.05, 3.63) is 58.4 Å². The van der Waals surface area contributed by atoms with Gasteiger partial charge < -0.3 is 11.1 Å². The van der Waals surface area contributed by atoms with Crippen molar-refractivity contribution in [2.45, 2.75) is 13.5 Å². The Labute approximate surface area is 111 Å². The van der Waals surface area contributed by atoms with Gasteiger partial charge in [-0.15, -0.1) is 0 Å². The second-order valence-corrected chi connectivity index (χ2v) is 4.58. The van der Waals surface area contributed by atoms with Crippen LogP contribution in [0.5, 0.6) is 0 Å². The van der Waals surface area contributed by atoms with Gasteiger partial charge in [0, 0.05) is 11.6 Å². The van der Waals surface area contributed by atoms with Gasteiger partial charge in [0.2, 0.25) is 0 Å². The van der Waals surface area contributed by atoms with Crippen molar-refractivity contribution in [2.75, 3.05) is 11.1 Å². The first kappa shape index (κ1) is 12.7. The summed E-state index contributed by atoms with van der Waals surface area (Å²) in [6.45, 7) is 2.40. The van der Waals surface area contributed by atoms with Gasteiger partial charge in [0.05, 0.1) is 11.4 Å². The predicted octanol–water partition coefficient (Wildman–Crippen LogP) is 3.98. The molecule has 3 N–H and O–H groups in total. The van der Waals surface area contributed by atoms with Crippen LogP contribution in [0.2, 0.25) is 5.02 Å². The number of nitrogens with one attached hydrogen (secondary N) is 1. The molecule has 2 nitrogen and oxygen atoms in total. The molecule has 0 heterocycles. The molecule has 0 aliphatic heterocycles. The fraction of sp³-hybridized carbons (Fsp3) is 0.143. The first-order chi connectivity index (χ1) is 8.56. The van der Waals surface area contributed by atoms with Gasteiger partial charge in [-0.3, -0.25) is 0 Å². The first-order valence-corrected chi connectivity index (χ1v) is 5.98. The maximum absolute atomic E-state index is 13.0. The molecule has 0 spiro atoms. The van der Waals surface area contributed by atoms with Crippen molar-refractivity contribution < 1.29 is 4.39 Å². The smallest absolute Gasteiger partial charge is 0.123 e. The molecule has 0 unspecified atom stereocenters. The van der Waals surface area contributed by atoms with E-state index < -0.39 is 0 Å². The van der Waals surface area contributed by atoms with Gasteiger partial charge in [-0.25, -0.2) is 4.39 Å². The van der Waals surface area contributed by atoms with E-state index in [1.807, 2.05) is 19.1 Å². The fourth-order valence-corrected chi connectivity index (χ4v) is 1.86. The number of benzene rings is 2. The van der Waals surface area contributed by atoms with Crippen molar-refractivity contribution in [3.8, 4) is 0 Å². The van der Waals surface area contributed by atoms with E-state index in [9.17, 15) is 4.39 Å². The molecule has 0 aliphatic carbocycles. The molecular formula is C14H14ClFN2. The quantitative estimate of drug-likeness (QED) is 0.823. The van der Waals surface area contributed by atoms with E-state index in [1.165, 1.54) is 12.1 Å². The summed E-state index contributed by atoms with van der Waals surface area (Å²) < 4.78 is 13.0. The molecule has 0 aromatic heterocycles. The molecule has 0 fully saturated rings. The standard InChI is InChI=1S/C14H14ClFN2/c1-9-5-13(17)14(7-12(9)15)18-8-10-3-2-4-11(16)6-10/h2-7,18H,8,17H2,1H3. The number of anilines is 2. The van der Waals surface area contributed by atoms with Crippen LogP contribution in [0.25, 0.3) is 0 Å². The summed E-state index contributed by atoms with van der Waals surface area (Å²) in [5, 5.41) is 3.81. The van der Waals surface area contributed by atoms with Gasteiger partial charge >= 0.3 is 0 Å². The summed E-state index contributed by atoms with van der Waals surface area (Å²) in [5.41, 5.74) is 9.07. The normalized spacial score (nSPS) is 10.4. The lowest BCUT2D eigenvalue weighted by molar-refractivity contribution is 0.626. The van der Waals surface area contributed by atoms with E-state index in [1.54, 1.807) is 12.1 Å². The van der Waals surface area contributed by atoms with E-state index in [-0.39, 0.29) is 5.82 Å². The molecule has 94 valence electrons. The van der Waals surface area contributed by atoms with Gasteiger partial charge in [-0.1, -0.05) is 23.7 Å². The number of nitrogen functional groups attached to an aromatic ring is 1. The molecule has 0 aliphatic rings. The van der Waals surface area contributed by atoms with Crippen LogP contribution in [-0.4, -0.2) is 0 Å². The first-order valence-electron chi connectivity index (χ1n) is 5.60. The Morgan fingerprint density at radius 2 is 2.06 bits per heavy atom. The molecule has 0 atom stereocenters. The molecule has 2 rings (SSSR count). The molecule has 18 heavy (non-hydrogen) atoms. The van der Waals surface area contributed by atoms with Crippen molar-refractivity contribution in [3.63, 3.8) is 0 Å². The van der Waals surface area contributed by atoms with Gasteiger partial charge in [0.25, 0.3) is 0 Å². The topological polar surface area (TPSA) is 38.0 Å². The monoisotopic (exact) mass is 264 g/mol. The molecule has 0 saturated heterocycles. The Hall–Kier alpha value is -1.74. The van der Waals surface area contributed by atoms with E-state index in [4.69, 9.17) is 17.3 Å². The largest absolute Gasteiger partial charge is 0.397 e. The average Bonchev–Trinajstić information content (AvgIpc) is 2.32. The third-order valence-corrected chi connectivity index (χ3v) is 3.11.